The summed E-state index contributed by atoms with van der Waals surface area (Å²) in [5.41, 5.74) is 8.74. The summed E-state index contributed by atoms with van der Waals surface area (Å²) in [4.78, 5) is 13.4. The highest BCUT2D eigenvalue weighted by Crippen LogP contribution is 2.44. The van der Waals surface area contributed by atoms with Crippen molar-refractivity contribution in [2.75, 3.05) is 17.6 Å². The number of aryl methyl sites for hydroxylation is 1. The summed E-state index contributed by atoms with van der Waals surface area (Å²) < 4.78 is 22.0. The molecule has 2 aliphatic rings. The highest BCUT2D eigenvalue weighted by molar-refractivity contribution is 9.10. The van der Waals surface area contributed by atoms with Gasteiger partial charge in [-0.15, -0.1) is 0 Å². The molecule has 0 spiro atoms. The maximum Gasteiger partial charge on any atom is 0.164 e. The molecule has 2 fully saturated rings. The average Bonchev–Trinajstić information content (AvgIpc) is 3.43. The third-order valence-electron chi connectivity index (χ3n) is 6.27. The first-order valence-corrected chi connectivity index (χ1v) is 12.0. The number of hydrogen-bond donors (Lipinski definition) is 2. The highest BCUT2D eigenvalue weighted by Gasteiger charge is 2.55. The van der Waals surface area contributed by atoms with E-state index in [9.17, 15) is 0 Å². The molecule has 4 atom stereocenters. The fourth-order valence-electron chi connectivity index (χ4n) is 4.85. The molecule has 0 saturated carbocycles. The Labute approximate surface area is 204 Å². The molecule has 1 aromatic carbocycles. The standard InChI is InChI=1S/C24H25BrN6O3/c1-12-29-21(26)16-6-7-31(22(16)30-12)23-20-19(33-24(2,3)34-20)18(32-23)11-27-15-5-4-13-8-14(25)10-28-17(13)9-15/h4-10,18-20,23,27H,11H2,1-3H3,(H2,26,29,30)/t18-,19-,20-,23-/m1/s1. The lowest BCUT2D eigenvalue weighted by Gasteiger charge is -2.25. The van der Waals surface area contributed by atoms with Crippen LogP contribution in [-0.2, 0) is 14.2 Å². The predicted molar refractivity (Wildman–Crippen MR) is 132 cm³/mol. The highest BCUT2D eigenvalue weighted by atomic mass is 79.9. The van der Waals surface area contributed by atoms with Gasteiger partial charge in [-0.1, -0.05) is 6.07 Å². The maximum atomic E-state index is 6.51. The molecular formula is C24H25BrN6O3. The van der Waals surface area contributed by atoms with Crippen LogP contribution in [0.2, 0.25) is 0 Å². The fraction of sp³-hybridized carbons (Fsp3) is 0.375. The number of benzene rings is 1. The van der Waals surface area contributed by atoms with Gasteiger partial charge < -0.3 is 29.8 Å². The van der Waals surface area contributed by atoms with Crippen molar-refractivity contribution in [2.24, 2.45) is 0 Å². The van der Waals surface area contributed by atoms with E-state index in [4.69, 9.17) is 19.9 Å². The molecule has 3 N–H and O–H groups in total. The summed E-state index contributed by atoms with van der Waals surface area (Å²) >= 11 is 3.47. The molecule has 34 heavy (non-hydrogen) atoms. The van der Waals surface area contributed by atoms with E-state index in [1.165, 1.54) is 0 Å². The molecule has 5 heterocycles. The molecule has 9 nitrogen and oxygen atoms in total. The van der Waals surface area contributed by atoms with Crippen molar-refractivity contribution in [1.29, 1.82) is 0 Å². The first kappa shape index (κ1) is 21.7. The number of nitrogen functional groups attached to an aromatic ring is 1. The Bertz CT molecular complexity index is 1410. The Hall–Kier alpha value is -2.79. The first-order valence-electron chi connectivity index (χ1n) is 11.2. The van der Waals surface area contributed by atoms with E-state index in [1.807, 2.05) is 61.9 Å². The predicted octanol–water partition coefficient (Wildman–Crippen LogP) is 4.16. The topological polar surface area (TPSA) is 109 Å². The van der Waals surface area contributed by atoms with E-state index in [0.717, 1.165) is 32.1 Å². The van der Waals surface area contributed by atoms with E-state index in [2.05, 4.69) is 36.2 Å². The summed E-state index contributed by atoms with van der Waals surface area (Å²) in [5.74, 6) is 0.358. The number of nitrogens with zero attached hydrogens (tertiary/aromatic N) is 4. The Morgan fingerprint density at radius 2 is 1.97 bits per heavy atom. The largest absolute Gasteiger partial charge is 0.383 e. The van der Waals surface area contributed by atoms with Gasteiger partial charge in [-0.25, -0.2) is 9.97 Å². The molecule has 2 aliphatic heterocycles. The summed E-state index contributed by atoms with van der Waals surface area (Å²) in [6.45, 7) is 6.23. The molecule has 176 valence electrons. The van der Waals surface area contributed by atoms with Gasteiger partial charge in [0.25, 0.3) is 0 Å². The van der Waals surface area contributed by atoms with E-state index >= 15 is 0 Å². The third kappa shape index (κ3) is 3.70. The summed E-state index contributed by atoms with van der Waals surface area (Å²) in [6, 6.07) is 10.1. The normalized spacial score (nSPS) is 25.8. The minimum atomic E-state index is -0.706. The van der Waals surface area contributed by atoms with Gasteiger partial charge in [-0.05, 0) is 61.0 Å². The number of nitrogens with two attached hydrogens (primary N) is 1. The molecule has 0 aliphatic carbocycles. The number of pyridine rings is 1. The van der Waals surface area contributed by atoms with Crippen LogP contribution in [0.5, 0.6) is 0 Å². The van der Waals surface area contributed by atoms with Crippen molar-refractivity contribution in [2.45, 2.75) is 51.1 Å². The third-order valence-corrected chi connectivity index (χ3v) is 6.70. The van der Waals surface area contributed by atoms with Crippen LogP contribution in [0.25, 0.3) is 21.9 Å². The lowest BCUT2D eigenvalue weighted by atomic mass is 10.1. The van der Waals surface area contributed by atoms with E-state index in [0.29, 0.717) is 18.2 Å². The van der Waals surface area contributed by atoms with Crippen molar-refractivity contribution in [3.8, 4) is 0 Å². The molecule has 10 heteroatoms. The summed E-state index contributed by atoms with van der Waals surface area (Å²) in [7, 11) is 0. The summed E-state index contributed by atoms with van der Waals surface area (Å²) in [5, 5.41) is 5.35. The zero-order chi connectivity index (χ0) is 23.6. The minimum absolute atomic E-state index is 0.233. The molecule has 3 aromatic heterocycles. The quantitative estimate of drug-likeness (QED) is 0.409. The zero-order valence-corrected chi connectivity index (χ0v) is 20.6. The molecular weight excluding hydrogens is 500 g/mol. The minimum Gasteiger partial charge on any atom is -0.383 e. The van der Waals surface area contributed by atoms with E-state index in [-0.39, 0.29) is 18.3 Å². The molecule has 0 amide bonds. The Morgan fingerprint density at radius 1 is 1.15 bits per heavy atom. The van der Waals surface area contributed by atoms with Crippen molar-refractivity contribution in [3.05, 3.63) is 53.0 Å². The second kappa shape index (κ2) is 7.88. The molecule has 0 radical (unpaired) electrons. The number of fused-ring (bicyclic) bond motifs is 3. The van der Waals surface area contributed by atoms with Gasteiger partial charge in [0.2, 0.25) is 0 Å². The smallest absolute Gasteiger partial charge is 0.164 e. The molecule has 0 unspecified atom stereocenters. The lowest BCUT2D eigenvalue weighted by molar-refractivity contribution is -0.194. The Balaban J connectivity index is 1.28. The Morgan fingerprint density at radius 3 is 2.82 bits per heavy atom. The van der Waals surface area contributed by atoms with Crippen LogP contribution in [0.4, 0.5) is 11.5 Å². The number of anilines is 2. The lowest BCUT2D eigenvalue weighted by Crippen LogP contribution is -2.34. The van der Waals surface area contributed by atoms with Crippen molar-refractivity contribution < 1.29 is 14.2 Å². The number of hydrogen-bond acceptors (Lipinski definition) is 8. The maximum absolute atomic E-state index is 6.51. The van der Waals surface area contributed by atoms with E-state index < -0.39 is 12.0 Å². The van der Waals surface area contributed by atoms with Crippen molar-refractivity contribution >= 4 is 49.4 Å². The average molecular weight is 525 g/mol. The van der Waals surface area contributed by atoms with Gasteiger partial charge in [0.05, 0.1) is 10.9 Å². The molecule has 0 bridgehead atoms. The van der Waals surface area contributed by atoms with Gasteiger partial charge in [0.15, 0.2) is 12.0 Å². The van der Waals surface area contributed by atoms with Crippen LogP contribution < -0.4 is 11.1 Å². The number of ether oxygens (including phenoxy) is 3. The van der Waals surface area contributed by atoms with E-state index in [1.54, 1.807) is 6.20 Å². The second-order valence-corrected chi connectivity index (χ2v) is 10.1. The van der Waals surface area contributed by atoms with Gasteiger partial charge in [-0.2, -0.15) is 0 Å². The number of rotatable bonds is 4. The van der Waals surface area contributed by atoms with Crippen LogP contribution in [0.3, 0.4) is 0 Å². The number of aromatic nitrogens is 4. The van der Waals surface area contributed by atoms with Crippen LogP contribution in [0.15, 0.2) is 47.2 Å². The second-order valence-electron chi connectivity index (χ2n) is 9.19. The number of halogens is 1. The fourth-order valence-corrected chi connectivity index (χ4v) is 5.19. The van der Waals surface area contributed by atoms with Crippen molar-refractivity contribution in [3.63, 3.8) is 0 Å². The SMILES string of the molecule is Cc1nc(N)c2ccn([C@@H]3O[C@H](CNc4ccc5cc(Br)cnc5c4)[C@H]4OC(C)(C)O[C@H]43)c2n1. The summed E-state index contributed by atoms with van der Waals surface area (Å²) in [6.07, 6.45) is 2.56. The molecule has 4 aromatic rings. The van der Waals surface area contributed by atoms with Crippen LogP contribution >= 0.6 is 15.9 Å². The first-order chi connectivity index (χ1) is 16.3. The molecule has 2 saturated heterocycles. The van der Waals surface area contributed by atoms with Gasteiger partial charge in [-0.3, -0.25) is 4.98 Å². The van der Waals surface area contributed by atoms with Crippen LogP contribution in [0.1, 0.15) is 25.9 Å². The van der Waals surface area contributed by atoms with Gasteiger partial charge in [0, 0.05) is 34.5 Å². The monoisotopic (exact) mass is 524 g/mol. The van der Waals surface area contributed by atoms with Crippen molar-refractivity contribution in [1.82, 2.24) is 19.5 Å². The molecule has 6 rings (SSSR count). The zero-order valence-electron chi connectivity index (χ0n) is 19.0. The number of nitrogens with one attached hydrogen (secondary N) is 1. The van der Waals surface area contributed by atoms with Crippen LogP contribution in [-0.4, -0.2) is 50.2 Å². The van der Waals surface area contributed by atoms with Gasteiger partial charge >= 0.3 is 0 Å². The Kier molecular flexibility index (Phi) is 5.03. The van der Waals surface area contributed by atoms with Crippen LogP contribution in [0, 0.1) is 6.92 Å². The van der Waals surface area contributed by atoms with Gasteiger partial charge in [0.1, 0.15) is 35.6 Å².